The molecule has 0 spiro atoms. The monoisotopic (exact) mass is 265 g/mol. The van der Waals surface area contributed by atoms with Gasteiger partial charge in [0.1, 0.15) is 0 Å². The summed E-state index contributed by atoms with van der Waals surface area (Å²) in [4.78, 5) is 8.57. The average Bonchev–Trinajstić information content (AvgIpc) is 2.91. The Hall–Kier alpha value is -2.69. The van der Waals surface area contributed by atoms with Crippen LogP contribution >= 0.6 is 0 Å². The SMILES string of the molecule is Cc1cc(Nc2nccc(C)n2)cc(-c2cn[nH]c2)c1. The minimum absolute atomic E-state index is 0.605. The number of nitrogens with zero attached hydrogens (tertiary/aromatic N) is 3. The Balaban J connectivity index is 1.94. The molecule has 5 nitrogen and oxygen atoms in total. The zero-order valence-electron chi connectivity index (χ0n) is 11.4. The summed E-state index contributed by atoms with van der Waals surface area (Å²) in [5.41, 5.74) is 5.23. The van der Waals surface area contributed by atoms with Crippen LogP contribution in [-0.2, 0) is 0 Å². The van der Waals surface area contributed by atoms with Crippen molar-refractivity contribution in [1.29, 1.82) is 0 Å². The third kappa shape index (κ3) is 2.66. The molecule has 0 unspecified atom stereocenters. The van der Waals surface area contributed by atoms with Crippen molar-refractivity contribution in [3.05, 3.63) is 54.1 Å². The Morgan fingerprint density at radius 1 is 1.10 bits per heavy atom. The number of nitrogens with one attached hydrogen (secondary N) is 2. The fraction of sp³-hybridized carbons (Fsp3) is 0.133. The summed E-state index contributed by atoms with van der Waals surface area (Å²) in [6, 6.07) is 8.12. The Labute approximate surface area is 117 Å². The first kappa shape index (κ1) is 12.3. The summed E-state index contributed by atoms with van der Waals surface area (Å²) >= 11 is 0. The molecule has 20 heavy (non-hydrogen) atoms. The molecule has 5 heteroatoms. The maximum atomic E-state index is 4.35. The highest BCUT2D eigenvalue weighted by Gasteiger charge is 2.04. The van der Waals surface area contributed by atoms with E-state index in [-0.39, 0.29) is 0 Å². The molecule has 2 heterocycles. The summed E-state index contributed by atoms with van der Waals surface area (Å²) < 4.78 is 0. The molecule has 2 N–H and O–H groups in total. The quantitative estimate of drug-likeness (QED) is 0.763. The van der Waals surface area contributed by atoms with Gasteiger partial charge in [-0.05, 0) is 43.2 Å². The minimum Gasteiger partial charge on any atom is -0.324 e. The van der Waals surface area contributed by atoms with Crippen LogP contribution in [0, 0.1) is 13.8 Å². The second-order valence-electron chi connectivity index (χ2n) is 4.72. The molecule has 0 saturated heterocycles. The molecule has 0 saturated carbocycles. The predicted octanol–water partition coefficient (Wildman–Crippen LogP) is 3.23. The number of hydrogen-bond donors (Lipinski definition) is 2. The fourth-order valence-corrected chi connectivity index (χ4v) is 2.07. The van der Waals surface area contributed by atoms with Gasteiger partial charge in [0.05, 0.1) is 6.20 Å². The second-order valence-corrected chi connectivity index (χ2v) is 4.72. The first-order valence-corrected chi connectivity index (χ1v) is 6.38. The van der Waals surface area contributed by atoms with E-state index >= 15 is 0 Å². The van der Waals surface area contributed by atoms with Crippen LogP contribution in [0.15, 0.2) is 42.9 Å². The Kier molecular flexibility index (Phi) is 3.16. The third-order valence-corrected chi connectivity index (χ3v) is 2.96. The summed E-state index contributed by atoms with van der Waals surface area (Å²) in [6.45, 7) is 4.01. The van der Waals surface area contributed by atoms with Gasteiger partial charge in [0.25, 0.3) is 0 Å². The normalized spacial score (nSPS) is 10.5. The molecule has 0 atom stereocenters. The van der Waals surface area contributed by atoms with Crippen LogP contribution in [0.5, 0.6) is 0 Å². The molecular formula is C15H15N5. The molecule has 0 aliphatic heterocycles. The van der Waals surface area contributed by atoms with E-state index in [1.165, 1.54) is 5.56 Å². The molecule has 0 aliphatic carbocycles. The number of benzene rings is 1. The van der Waals surface area contributed by atoms with E-state index in [0.29, 0.717) is 5.95 Å². The number of aromatic amines is 1. The van der Waals surface area contributed by atoms with Gasteiger partial charge in [-0.25, -0.2) is 9.97 Å². The third-order valence-electron chi connectivity index (χ3n) is 2.96. The van der Waals surface area contributed by atoms with Crippen LogP contribution < -0.4 is 5.32 Å². The molecule has 100 valence electrons. The van der Waals surface area contributed by atoms with Gasteiger partial charge in [0, 0.05) is 29.3 Å². The van der Waals surface area contributed by atoms with Gasteiger partial charge >= 0.3 is 0 Å². The second kappa shape index (κ2) is 5.13. The molecule has 0 bridgehead atoms. The number of aryl methyl sites for hydroxylation is 2. The van der Waals surface area contributed by atoms with E-state index in [0.717, 1.165) is 22.5 Å². The van der Waals surface area contributed by atoms with Gasteiger partial charge in [-0.1, -0.05) is 6.07 Å². The topological polar surface area (TPSA) is 66.5 Å². The molecule has 3 aromatic rings. The fourth-order valence-electron chi connectivity index (χ4n) is 2.07. The van der Waals surface area contributed by atoms with E-state index in [2.05, 4.69) is 50.6 Å². The van der Waals surface area contributed by atoms with Crippen molar-refractivity contribution in [1.82, 2.24) is 20.2 Å². The summed E-state index contributed by atoms with van der Waals surface area (Å²) in [6.07, 6.45) is 5.43. The number of aromatic nitrogens is 4. The first-order chi connectivity index (χ1) is 9.70. The lowest BCUT2D eigenvalue weighted by atomic mass is 10.1. The Bertz CT molecular complexity index is 719. The largest absolute Gasteiger partial charge is 0.324 e. The Morgan fingerprint density at radius 2 is 2.00 bits per heavy atom. The highest BCUT2D eigenvalue weighted by Crippen LogP contribution is 2.25. The summed E-state index contributed by atoms with van der Waals surface area (Å²) in [5.74, 6) is 0.605. The van der Waals surface area contributed by atoms with E-state index in [4.69, 9.17) is 0 Å². The molecule has 1 aromatic carbocycles. The molecule has 0 radical (unpaired) electrons. The van der Waals surface area contributed by atoms with Gasteiger partial charge in [0.2, 0.25) is 5.95 Å². The number of rotatable bonds is 3. The maximum absolute atomic E-state index is 4.35. The van der Waals surface area contributed by atoms with E-state index in [9.17, 15) is 0 Å². The maximum Gasteiger partial charge on any atom is 0.227 e. The predicted molar refractivity (Wildman–Crippen MR) is 78.8 cm³/mol. The van der Waals surface area contributed by atoms with Crippen LogP contribution in [0.2, 0.25) is 0 Å². The number of anilines is 2. The molecule has 2 aromatic heterocycles. The lowest BCUT2D eigenvalue weighted by Crippen LogP contribution is -1.98. The van der Waals surface area contributed by atoms with E-state index < -0.39 is 0 Å². The van der Waals surface area contributed by atoms with Crippen LogP contribution in [0.3, 0.4) is 0 Å². The van der Waals surface area contributed by atoms with Crippen LogP contribution in [0.25, 0.3) is 11.1 Å². The molecular weight excluding hydrogens is 250 g/mol. The van der Waals surface area contributed by atoms with Crippen molar-refractivity contribution < 1.29 is 0 Å². The molecule has 0 fully saturated rings. The molecule has 0 aliphatic rings. The number of hydrogen-bond acceptors (Lipinski definition) is 4. The minimum atomic E-state index is 0.605. The van der Waals surface area contributed by atoms with Crippen LogP contribution in [0.1, 0.15) is 11.3 Å². The highest BCUT2D eigenvalue weighted by molar-refractivity contribution is 5.69. The lowest BCUT2D eigenvalue weighted by Gasteiger charge is -2.08. The van der Waals surface area contributed by atoms with Crippen LogP contribution in [0.4, 0.5) is 11.6 Å². The molecule has 3 rings (SSSR count). The first-order valence-electron chi connectivity index (χ1n) is 6.38. The van der Waals surface area contributed by atoms with Gasteiger partial charge in [-0.2, -0.15) is 5.10 Å². The van der Waals surface area contributed by atoms with Crippen molar-refractivity contribution >= 4 is 11.6 Å². The van der Waals surface area contributed by atoms with Gasteiger partial charge in [-0.3, -0.25) is 5.10 Å². The smallest absolute Gasteiger partial charge is 0.227 e. The van der Waals surface area contributed by atoms with Gasteiger partial charge in [-0.15, -0.1) is 0 Å². The zero-order valence-corrected chi connectivity index (χ0v) is 11.4. The zero-order chi connectivity index (χ0) is 13.9. The van der Waals surface area contributed by atoms with Gasteiger partial charge < -0.3 is 5.32 Å². The van der Waals surface area contributed by atoms with Crippen molar-refractivity contribution in [3.8, 4) is 11.1 Å². The molecule has 0 amide bonds. The van der Waals surface area contributed by atoms with Crippen molar-refractivity contribution in [3.63, 3.8) is 0 Å². The van der Waals surface area contributed by atoms with Crippen molar-refractivity contribution in [2.24, 2.45) is 0 Å². The highest BCUT2D eigenvalue weighted by atomic mass is 15.1. The lowest BCUT2D eigenvalue weighted by molar-refractivity contribution is 1.09. The Morgan fingerprint density at radius 3 is 2.75 bits per heavy atom. The van der Waals surface area contributed by atoms with E-state index in [1.54, 1.807) is 6.20 Å². The van der Waals surface area contributed by atoms with Gasteiger partial charge in [0.15, 0.2) is 0 Å². The van der Waals surface area contributed by atoms with Crippen LogP contribution in [-0.4, -0.2) is 20.2 Å². The summed E-state index contributed by atoms with van der Waals surface area (Å²) in [5, 5.41) is 10.0. The standard InChI is InChI=1S/C15H15N5/c1-10-5-12(13-8-17-18-9-13)7-14(6-10)20-15-16-4-3-11(2)19-15/h3-9H,1-2H3,(H,17,18)(H,16,19,20). The number of H-pyrrole nitrogens is 1. The van der Waals surface area contributed by atoms with Crippen molar-refractivity contribution in [2.45, 2.75) is 13.8 Å². The van der Waals surface area contributed by atoms with E-state index in [1.807, 2.05) is 25.4 Å². The summed E-state index contributed by atoms with van der Waals surface area (Å²) in [7, 11) is 0. The average molecular weight is 265 g/mol. The van der Waals surface area contributed by atoms with Crippen molar-refractivity contribution in [2.75, 3.05) is 5.32 Å².